The van der Waals surface area contributed by atoms with Crippen LogP contribution in [-0.2, 0) is 16.1 Å². The second kappa shape index (κ2) is 5.72. The molecule has 0 radical (unpaired) electrons. The Morgan fingerprint density at radius 2 is 2.14 bits per heavy atom. The fraction of sp³-hybridized carbons (Fsp3) is 0.667. The summed E-state index contributed by atoms with van der Waals surface area (Å²) in [6.07, 6.45) is 0.311. The Balaban J connectivity index is 1.62. The highest BCUT2D eigenvalue weighted by atomic mass is 16.2. The average molecular weight is 305 g/mol. The molecule has 1 atom stereocenters. The molecule has 1 N–H and O–H groups in total. The number of anilines is 1. The number of aromatic nitrogens is 2. The van der Waals surface area contributed by atoms with Gasteiger partial charge in [0.1, 0.15) is 5.82 Å². The Labute approximate surface area is 130 Å². The standard InChI is InChI=1S/C15H23N5O2/c1-4-20-13(5-10(2)17-20)16-15(22)11-6-14(21)19(7-11)12-8-18(3)9-12/h5,11-12H,4,6-9H2,1-3H3,(H,16,22). The van der Waals surface area contributed by atoms with Crippen LogP contribution in [0.2, 0.25) is 0 Å². The normalized spacial score (nSPS) is 23.0. The lowest BCUT2D eigenvalue weighted by atomic mass is 10.1. The van der Waals surface area contributed by atoms with Crippen molar-refractivity contribution in [3.63, 3.8) is 0 Å². The van der Waals surface area contributed by atoms with Crippen molar-refractivity contribution >= 4 is 17.6 Å². The molecular weight excluding hydrogens is 282 g/mol. The molecule has 22 heavy (non-hydrogen) atoms. The van der Waals surface area contributed by atoms with Crippen LogP contribution in [-0.4, -0.2) is 64.1 Å². The molecule has 2 fully saturated rings. The molecule has 7 heteroatoms. The molecule has 0 aromatic carbocycles. The molecule has 1 unspecified atom stereocenters. The van der Waals surface area contributed by atoms with Gasteiger partial charge in [-0.25, -0.2) is 4.68 Å². The number of carbonyl (C=O) groups is 2. The zero-order valence-corrected chi connectivity index (χ0v) is 13.4. The third-order valence-corrected chi connectivity index (χ3v) is 4.47. The first-order chi connectivity index (χ1) is 10.5. The molecule has 3 heterocycles. The minimum absolute atomic E-state index is 0.0851. The number of rotatable bonds is 4. The Morgan fingerprint density at radius 3 is 2.77 bits per heavy atom. The van der Waals surface area contributed by atoms with Crippen LogP contribution in [0.5, 0.6) is 0 Å². The van der Waals surface area contributed by atoms with Crippen LogP contribution in [0.15, 0.2) is 6.07 Å². The van der Waals surface area contributed by atoms with Crippen LogP contribution in [0.3, 0.4) is 0 Å². The second-order valence-corrected chi connectivity index (χ2v) is 6.30. The van der Waals surface area contributed by atoms with Crippen LogP contribution in [0.4, 0.5) is 5.82 Å². The zero-order valence-electron chi connectivity index (χ0n) is 13.4. The van der Waals surface area contributed by atoms with E-state index in [0.29, 0.717) is 25.3 Å². The van der Waals surface area contributed by atoms with E-state index in [4.69, 9.17) is 0 Å². The number of nitrogens with zero attached hydrogens (tertiary/aromatic N) is 4. The SMILES string of the molecule is CCn1nc(C)cc1NC(=O)C1CC(=O)N(C2CN(C)C2)C1. The smallest absolute Gasteiger partial charge is 0.230 e. The average Bonchev–Trinajstić information content (AvgIpc) is 2.98. The Kier molecular flexibility index (Phi) is 3.90. The molecule has 2 amide bonds. The summed E-state index contributed by atoms with van der Waals surface area (Å²) in [7, 11) is 2.04. The number of aryl methyl sites for hydroxylation is 2. The molecule has 2 saturated heterocycles. The topological polar surface area (TPSA) is 70.5 Å². The van der Waals surface area contributed by atoms with E-state index in [1.165, 1.54) is 0 Å². The van der Waals surface area contributed by atoms with Crippen molar-refractivity contribution in [1.29, 1.82) is 0 Å². The van der Waals surface area contributed by atoms with Crippen molar-refractivity contribution in [3.05, 3.63) is 11.8 Å². The maximum absolute atomic E-state index is 12.4. The Morgan fingerprint density at radius 1 is 1.41 bits per heavy atom. The minimum Gasteiger partial charge on any atom is -0.336 e. The fourth-order valence-electron chi connectivity index (χ4n) is 3.24. The van der Waals surface area contributed by atoms with Crippen LogP contribution >= 0.6 is 0 Å². The summed E-state index contributed by atoms with van der Waals surface area (Å²) in [6.45, 7) is 6.92. The van der Waals surface area contributed by atoms with E-state index in [9.17, 15) is 9.59 Å². The van der Waals surface area contributed by atoms with Gasteiger partial charge in [0.2, 0.25) is 11.8 Å². The molecule has 0 saturated carbocycles. The maximum atomic E-state index is 12.4. The fourth-order valence-corrected chi connectivity index (χ4v) is 3.24. The van der Waals surface area contributed by atoms with Crippen molar-refractivity contribution in [3.8, 4) is 0 Å². The van der Waals surface area contributed by atoms with Crippen molar-refractivity contribution in [2.45, 2.75) is 32.9 Å². The molecule has 0 spiro atoms. The number of likely N-dealkylation sites (tertiary alicyclic amines) is 2. The summed E-state index contributed by atoms with van der Waals surface area (Å²) in [4.78, 5) is 28.6. The van der Waals surface area contributed by atoms with E-state index in [2.05, 4.69) is 15.3 Å². The number of hydrogen-bond donors (Lipinski definition) is 1. The number of hydrogen-bond acceptors (Lipinski definition) is 4. The molecular formula is C15H23N5O2. The Bertz CT molecular complexity index is 591. The highest BCUT2D eigenvalue weighted by Crippen LogP contribution is 2.25. The number of likely N-dealkylation sites (N-methyl/N-ethyl adjacent to an activating group) is 1. The van der Waals surface area contributed by atoms with Gasteiger partial charge in [0.25, 0.3) is 0 Å². The van der Waals surface area contributed by atoms with Gasteiger partial charge in [0.15, 0.2) is 0 Å². The minimum atomic E-state index is -0.265. The van der Waals surface area contributed by atoms with E-state index in [-0.39, 0.29) is 23.8 Å². The summed E-state index contributed by atoms with van der Waals surface area (Å²) in [5.41, 5.74) is 0.874. The lowest BCUT2D eigenvalue weighted by molar-refractivity contribution is -0.132. The van der Waals surface area contributed by atoms with Crippen LogP contribution in [0.1, 0.15) is 19.0 Å². The molecule has 1 aromatic heterocycles. The maximum Gasteiger partial charge on any atom is 0.230 e. The third-order valence-electron chi connectivity index (χ3n) is 4.47. The van der Waals surface area contributed by atoms with Crippen molar-refractivity contribution in [2.75, 3.05) is 32.0 Å². The van der Waals surface area contributed by atoms with Gasteiger partial charge >= 0.3 is 0 Å². The van der Waals surface area contributed by atoms with Crippen LogP contribution < -0.4 is 5.32 Å². The van der Waals surface area contributed by atoms with Gasteiger partial charge < -0.3 is 15.1 Å². The predicted molar refractivity (Wildman–Crippen MR) is 82.4 cm³/mol. The summed E-state index contributed by atoms with van der Waals surface area (Å²) < 4.78 is 1.77. The number of nitrogens with one attached hydrogen (secondary N) is 1. The summed E-state index contributed by atoms with van der Waals surface area (Å²) >= 11 is 0. The molecule has 2 aliphatic heterocycles. The van der Waals surface area contributed by atoms with Gasteiger partial charge in [0, 0.05) is 38.7 Å². The lowest BCUT2D eigenvalue weighted by Crippen LogP contribution is -2.58. The monoisotopic (exact) mass is 305 g/mol. The van der Waals surface area contributed by atoms with Gasteiger partial charge in [-0.1, -0.05) is 0 Å². The first kappa shape index (κ1) is 15.0. The van der Waals surface area contributed by atoms with Crippen LogP contribution in [0.25, 0.3) is 0 Å². The van der Waals surface area contributed by atoms with Gasteiger partial charge in [-0.05, 0) is 20.9 Å². The largest absolute Gasteiger partial charge is 0.336 e. The molecule has 1 aromatic rings. The summed E-state index contributed by atoms with van der Waals surface area (Å²) in [6, 6.07) is 2.13. The van der Waals surface area contributed by atoms with E-state index in [0.717, 1.165) is 18.8 Å². The van der Waals surface area contributed by atoms with Gasteiger partial charge in [-0.3, -0.25) is 9.59 Å². The predicted octanol–water partition coefficient (Wildman–Crippen LogP) is 0.312. The highest BCUT2D eigenvalue weighted by Gasteiger charge is 2.41. The van der Waals surface area contributed by atoms with E-state index < -0.39 is 0 Å². The van der Waals surface area contributed by atoms with Crippen molar-refractivity contribution in [2.24, 2.45) is 5.92 Å². The van der Waals surface area contributed by atoms with E-state index in [1.54, 1.807) is 4.68 Å². The van der Waals surface area contributed by atoms with Gasteiger partial charge in [-0.2, -0.15) is 5.10 Å². The molecule has 3 rings (SSSR count). The first-order valence-corrected chi connectivity index (χ1v) is 7.81. The third kappa shape index (κ3) is 2.72. The van der Waals surface area contributed by atoms with Gasteiger partial charge in [-0.15, -0.1) is 0 Å². The van der Waals surface area contributed by atoms with Crippen LogP contribution in [0, 0.1) is 12.8 Å². The van der Waals surface area contributed by atoms with Gasteiger partial charge in [0.05, 0.1) is 17.7 Å². The summed E-state index contributed by atoms with van der Waals surface area (Å²) in [5.74, 6) is 0.453. The molecule has 7 nitrogen and oxygen atoms in total. The zero-order chi connectivity index (χ0) is 15.9. The number of carbonyl (C=O) groups excluding carboxylic acids is 2. The summed E-state index contributed by atoms with van der Waals surface area (Å²) in [5, 5.41) is 7.24. The highest BCUT2D eigenvalue weighted by molar-refractivity contribution is 5.96. The molecule has 0 aliphatic carbocycles. The lowest BCUT2D eigenvalue weighted by Gasteiger charge is -2.42. The molecule has 0 bridgehead atoms. The molecule has 120 valence electrons. The Hall–Kier alpha value is -1.89. The first-order valence-electron chi connectivity index (χ1n) is 7.81. The quantitative estimate of drug-likeness (QED) is 0.869. The number of amides is 2. The second-order valence-electron chi connectivity index (χ2n) is 6.30. The van der Waals surface area contributed by atoms with Crippen molar-refractivity contribution in [1.82, 2.24) is 19.6 Å². The molecule has 2 aliphatic rings. The van der Waals surface area contributed by atoms with E-state index in [1.807, 2.05) is 31.9 Å². The van der Waals surface area contributed by atoms with E-state index >= 15 is 0 Å². The van der Waals surface area contributed by atoms with Crippen molar-refractivity contribution < 1.29 is 9.59 Å².